The molecule has 2 heterocycles. The molecule has 0 fully saturated rings. The second-order valence-electron chi connectivity index (χ2n) is 20.6. The van der Waals surface area contributed by atoms with Crippen molar-refractivity contribution < 1.29 is 4.42 Å². The summed E-state index contributed by atoms with van der Waals surface area (Å²) >= 11 is 0. The van der Waals surface area contributed by atoms with Crippen molar-refractivity contribution in [1.29, 1.82) is 0 Å². The number of nitrogens with zero attached hydrogens (tertiary/aromatic N) is 2. The Bertz CT molecular complexity index is 3890. The van der Waals surface area contributed by atoms with E-state index in [-0.39, 0.29) is 10.8 Å². The van der Waals surface area contributed by atoms with Crippen LogP contribution in [0.1, 0.15) is 52.7 Å². The van der Waals surface area contributed by atoms with Gasteiger partial charge in [-0.05, 0) is 127 Å². The Morgan fingerprint density at radius 1 is 0.377 bits per heavy atom. The number of furan rings is 1. The first-order valence-electron chi connectivity index (χ1n) is 24.2. The van der Waals surface area contributed by atoms with Crippen molar-refractivity contribution in [2.45, 2.75) is 52.4 Å². The maximum absolute atomic E-state index is 6.59. The van der Waals surface area contributed by atoms with Crippen LogP contribution in [0.25, 0.3) is 93.6 Å². The van der Waals surface area contributed by atoms with Gasteiger partial charge in [-0.25, -0.2) is 0 Å². The van der Waals surface area contributed by atoms with Crippen LogP contribution < -0.4 is 4.90 Å². The Balaban J connectivity index is 1.09. The lowest BCUT2D eigenvalue weighted by molar-refractivity contribution is 0.569. The van der Waals surface area contributed by atoms with E-state index >= 15 is 0 Å². The van der Waals surface area contributed by atoms with Crippen molar-refractivity contribution in [2.75, 3.05) is 4.90 Å². The zero-order chi connectivity index (χ0) is 47.0. The summed E-state index contributed by atoms with van der Waals surface area (Å²) in [4.78, 5) is 2.46. The zero-order valence-corrected chi connectivity index (χ0v) is 40.1. The Kier molecular flexibility index (Phi) is 9.97. The van der Waals surface area contributed by atoms with Gasteiger partial charge in [-0.15, -0.1) is 0 Å². The van der Waals surface area contributed by atoms with Crippen molar-refractivity contribution in [3.8, 4) is 39.1 Å². The van der Waals surface area contributed by atoms with E-state index < -0.39 is 0 Å². The van der Waals surface area contributed by atoms with Crippen LogP contribution in [-0.4, -0.2) is 4.57 Å². The Morgan fingerprint density at radius 3 is 1.75 bits per heavy atom. The van der Waals surface area contributed by atoms with Gasteiger partial charge in [0.25, 0.3) is 0 Å². The molecule has 3 heteroatoms. The van der Waals surface area contributed by atoms with Crippen LogP contribution in [0.2, 0.25) is 0 Å². The van der Waals surface area contributed by atoms with E-state index in [1.165, 1.54) is 60.4 Å². The van der Waals surface area contributed by atoms with Gasteiger partial charge in [0.05, 0.1) is 27.8 Å². The molecule has 0 spiro atoms. The molecule has 3 nitrogen and oxygen atoms in total. The third kappa shape index (κ3) is 7.28. The van der Waals surface area contributed by atoms with Gasteiger partial charge in [0.2, 0.25) is 0 Å². The second-order valence-corrected chi connectivity index (χ2v) is 20.6. The van der Waals surface area contributed by atoms with E-state index in [1.807, 2.05) is 0 Å². The first-order valence-corrected chi connectivity index (χ1v) is 24.2. The van der Waals surface area contributed by atoms with Crippen molar-refractivity contribution in [1.82, 2.24) is 4.57 Å². The number of para-hydroxylation sites is 4. The second kappa shape index (κ2) is 16.3. The molecule has 0 bridgehead atoms. The number of anilines is 3. The van der Waals surface area contributed by atoms with E-state index in [0.29, 0.717) is 0 Å². The van der Waals surface area contributed by atoms with Crippen LogP contribution in [0.3, 0.4) is 0 Å². The van der Waals surface area contributed by atoms with Crippen LogP contribution in [0.4, 0.5) is 17.1 Å². The van der Waals surface area contributed by atoms with Crippen molar-refractivity contribution >= 4 is 71.6 Å². The van der Waals surface area contributed by atoms with Gasteiger partial charge in [-0.2, -0.15) is 0 Å². The van der Waals surface area contributed by atoms with Crippen LogP contribution >= 0.6 is 0 Å². The minimum atomic E-state index is -0.0177. The quantitative estimate of drug-likeness (QED) is 0.159. The third-order valence-electron chi connectivity index (χ3n) is 14.1. The van der Waals surface area contributed by atoms with Crippen molar-refractivity contribution in [2.24, 2.45) is 0 Å². The molecule has 0 aliphatic rings. The molecular weight excluding hydrogens is 837 g/mol. The SMILES string of the molecule is CC(C)(C)c1cc(-c2cccc3cccc(-c4ccccc4N(c4cccc(-c5ccc6c(c5)c5ccccc5n6-c5ccccc5)c4)c4cccc5oc6ccccc6c45)c23)cc(C(C)(C)C)c1. The van der Waals surface area contributed by atoms with Gasteiger partial charge in [0.15, 0.2) is 0 Å². The number of rotatable bonds is 7. The van der Waals surface area contributed by atoms with Gasteiger partial charge in [0.1, 0.15) is 11.2 Å². The summed E-state index contributed by atoms with van der Waals surface area (Å²) in [5, 5.41) is 7.07. The number of hydrogen-bond acceptors (Lipinski definition) is 2. The van der Waals surface area contributed by atoms with Gasteiger partial charge in [-0.3, -0.25) is 0 Å². The highest BCUT2D eigenvalue weighted by Crippen LogP contribution is 2.49. The monoisotopic (exact) mass is 890 g/mol. The summed E-state index contributed by atoms with van der Waals surface area (Å²) in [6, 6.07) is 80.1. The molecule has 0 atom stereocenters. The standard InChI is InChI=1S/C66H54N2O/c1-65(2,3)47-38-46(39-48(42-47)66(4,5)6)51-29-17-20-43-21-18-30-54(63(43)51)52-26-10-13-31-57(52)68(60-33-19-35-62-64(60)55-28-12-15-34-61(55)69-62)50-25-16-22-44(40-50)45-36-37-59-56(41-45)53-27-11-14-32-58(53)67(59)49-23-8-7-9-24-49/h7-42H,1-6H3. The maximum atomic E-state index is 6.59. The predicted molar refractivity (Wildman–Crippen MR) is 294 cm³/mol. The van der Waals surface area contributed by atoms with Crippen LogP contribution in [0.5, 0.6) is 0 Å². The molecule has 12 aromatic rings. The fourth-order valence-corrected chi connectivity index (χ4v) is 10.5. The number of fused-ring (bicyclic) bond motifs is 7. The number of benzene rings is 10. The van der Waals surface area contributed by atoms with Gasteiger partial charge >= 0.3 is 0 Å². The van der Waals surface area contributed by atoms with Crippen LogP contribution in [0.15, 0.2) is 223 Å². The van der Waals surface area contributed by atoms with E-state index in [4.69, 9.17) is 4.42 Å². The smallest absolute Gasteiger partial charge is 0.137 e. The molecule has 0 saturated heterocycles. The number of aromatic nitrogens is 1. The lowest BCUT2D eigenvalue weighted by atomic mass is 9.78. The lowest BCUT2D eigenvalue weighted by Crippen LogP contribution is -2.16. The molecule has 0 N–H and O–H groups in total. The lowest BCUT2D eigenvalue weighted by Gasteiger charge is -2.29. The molecular formula is C66H54N2O. The highest BCUT2D eigenvalue weighted by Gasteiger charge is 2.26. The normalized spacial score (nSPS) is 12.2. The summed E-state index contributed by atoms with van der Waals surface area (Å²) in [6.45, 7) is 13.9. The average Bonchev–Trinajstić information content (AvgIpc) is 3.92. The summed E-state index contributed by atoms with van der Waals surface area (Å²) < 4.78 is 8.97. The fourth-order valence-electron chi connectivity index (χ4n) is 10.5. The average molecular weight is 891 g/mol. The van der Waals surface area contributed by atoms with Gasteiger partial charge < -0.3 is 13.9 Å². The molecule has 2 aromatic heterocycles. The Labute approximate surface area is 404 Å². The van der Waals surface area contributed by atoms with Gasteiger partial charge in [0, 0.05) is 33.1 Å². The summed E-state index contributed by atoms with van der Waals surface area (Å²) in [5.41, 5.74) is 18.2. The van der Waals surface area contributed by atoms with E-state index in [0.717, 1.165) is 61.4 Å². The molecule has 0 amide bonds. The topological polar surface area (TPSA) is 21.3 Å². The molecule has 0 aliphatic carbocycles. The summed E-state index contributed by atoms with van der Waals surface area (Å²) in [6.07, 6.45) is 0. The summed E-state index contributed by atoms with van der Waals surface area (Å²) in [7, 11) is 0. The number of hydrogen-bond donors (Lipinski definition) is 0. The van der Waals surface area contributed by atoms with E-state index in [1.54, 1.807) is 0 Å². The highest BCUT2D eigenvalue weighted by molar-refractivity contribution is 6.15. The molecule has 0 radical (unpaired) electrons. The molecule has 0 aliphatic heterocycles. The first-order chi connectivity index (χ1) is 33.5. The molecule has 334 valence electrons. The predicted octanol–water partition coefficient (Wildman–Crippen LogP) is 18.9. The Hall–Kier alpha value is -8.14. The van der Waals surface area contributed by atoms with Crippen LogP contribution in [0, 0.1) is 0 Å². The zero-order valence-electron chi connectivity index (χ0n) is 40.1. The highest BCUT2D eigenvalue weighted by atomic mass is 16.3. The minimum Gasteiger partial charge on any atom is -0.456 e. The van der Waals surface area contributed by atoms with E-state index in [9.17, 15) is 0 Å². The maximum Gasteiger partial charge on any atom is 0.137 e. The molecule has 69 heavy (non-hydrogen) atoms. The molecule has 10 aromatic carbocycles. The van der Waals surface area contributed by atoms with E-state index in [2.05, 4.69) is 269 Å². The molecule has 12 rings (SSSR count). The first kappa shape index (κ1) is 42.2. The van der Waals surface area contributed by atoms with Crippen molar-refractivity contribution in [3.05, 3.63) is 230 Å². The molecule has 0 saturated carbocycles. The summed E-state index contributed by atoms with van der Waals surface area (Å²) in [5.74, 6) is 0. The fraction of sp³-hybridized carbons (Fsp3) is 0.121. The van der Waals surface area contributed by atoms with Crippen LogP contribution in [-0.2, 0) is 10.8 Å². The largest absolute Gasteiger partial charge is 0.456 e. The van der Waals surface area contributed by atoms with Gasteiger partial charge in [-0.1, -0.05) is 193 Å². The van der Waals surface area contributed by atoms with Crippen molar-refractivity contribution in [3.63, 3.8) is 0 Å². The third-order valence-corrected chi connectivity index (χ3v) is 14.1. The Morgan fingerprint density at radius 2 is 0.971 bits per heavy atom. The molecule has 0 unspecified atom stereocenters. The minimum absolute atomic E-state index is 0.0177.